The summed E-state index contributed by atoms with van der Waals surface area (Å²) >= 11 is 0. The van der Waals surface area contributed by atoms with Gasteiger partial charge in [0.05, 0.1) is 5.92 Å². The maximum absolute atomic E-state index is 12.5. The molecule has 1 aromatic heterocycles. The van der Waals surface area contributed by atoms with Gasteiger partial charge in [-0.2, -0.15) is 0 Å². The van der Waals surface area contributed by atoms with Crippen molar-refractivity contribution in [1.29, 1.82) is 0 Å². The Labute approximate surface area is 130 Å². The minimum absolute atomic E-state index is 0.0296. The number of rotatable bonds is 3. The Bertz CT molecular complexity index is 644. The molecule has 5 heteroatoms. The van der Waals surface area contributed by atoms with E-state index in [0.29, 0.717) is 12.5 Å². The van der Waals surface area contributed by atoms with Crippen LogP contribution in [0.15, 0.2) is 42.7 Å². The molecule has 1 aliphatic heterocycles. The summed E-state index contributed by atoms with van der Waals surface area (Å²) in [6.07, 6.45) is 5.35. The summed E-state index contributed by atoms with van der Waals surface area (Å²) in [5.74, 6) is 0.750. The number of piperidine rings is 1. The number of aromatic nitrogens is 2. The molecule has 0 saturated carbocycles. The number of nitrogens with one attached hydrogen (secondary N) is 1. The molecular weight excluding hydrogens is 276 g/mol. The number of hydrogen-bond donors (Lipinski definition) is 1. The van der Waals surface area contributed by atoms with Crippen molar-refractivity contribution in [2.45, 2.75) is 19.8 Å². The molecule has 1 saturated heterocycles. The number of carbonyl (C=O) groups is 1. The predicted octanol–water partition coefficient (Wildman–Crippen LogP) is 2.64. The molecule has 114 valence electrons. The van der Waals surface area contributed by atoms with Crippen LogP contribution in [-0.4, -0.2) is 29.0 Å². The fourth-order valence-corrected chi connectivity index (χ4v) is 2.79. The third-order valence-corrected chi connectivity index (χ3v) is 3.91. The zero-order valence-corrected chi connectivity index (χ0v) is 12.7. The van der Waals surface area contributed by atoms with Crippen molar-refractivity contribution in [3.63, 3.8) is 0 Å². The zero-order valence-electron chi connectivity index (χ0n) is 12.7. The monoisotopic (exact) mass is 296 g/mol. The van der Waals surface area contributed by atoms with Crippen LogP contribution in [0.4, 0.5) is 11.6 Å². The van der Waals surface area contributed by atoms with Gasteiger partial charge in [-0.1, -0.05) is 12.1 Å². The number of benzene rings is 1. The van der Waals surface area contributed by atoms with E-state index in [1.807, 2.05) is 31.2 Å². The first-order valence-corrected chi connectivity index (χ1v) is 7.62. The Morgan fingerprint density at radius 3 is 2.86 bits per heavy atom. The summed E-state index contributed by atoms with van der Waals surface area (Å²) in [7, 11) is 0. The van der Waals surface area contributed by atoms with Gasteiger partial charge in [-0.25, -0.2) is 9.97 Å². The maximum atomic E-state index is 12.5. The lowest BCUT2D eigenvalue weighted by Crippen LogP contribution is -2.41. The first-order chi connectivity index (χ1) is 10.7. The van der Waals surface area contributed by atoms with Crippen LogP contribution < -0.4 is 10.2 Å². The third kappa shape index (κ3) is 3.42. The second-order valence-corrected chi connectivity index (χ2v) is 5.69. The van der Waals surface area contributed by atoms with Gasteiger partial charge in [0.2, 0.25) is 11.9 Å². The molecule has 3 rings (SSSR count). The van der Waals surface area contributed by atoms with E-state index in [-0.39, 0.29) is 11.8 Å². The molecule has 5 nitrogen and oxygen atoms in total. The second kappa shape index (κ2) is 6.56. The van der Waals surface area contributed by atoms with E-state index in [1.165, 1.54) is 0 Å². The van der Waals surface area contributed by atoms with Crippen molar-refractivity contribution >= 4 is 17.5 Å². The molecule has 0 bridgehead atoms. The summed E-state index contributed by atoms with van der Waals surface area (Å²) in [5.41, 5.74) is 2.00. The zero-order chi connectivity index (χ0) is 15.4. The predicted molar refractivity (Wildman–Crippen MR) is 86.8 cm³/mol. The van der Waals surface area contributed by atoms with Crippen LogP contribution in [0.2, 0.25) is 0 Å². The Morgan fingerprint density at radius 2 is 2.09 bits per heavy atom. The summed E-state index contributed by atoms with van der Waals surface area (Å²) in [5, 5.41) is 3.02. The van der Waals surface area contributed by atoms with E-state index < -0.39 is 0 Å². The van der Waals surface area contributed by atoms with E-state index in [2.05, 4.69) is 20.2 Å². The first kappa shape index (κ1) is 14.5. The lowest BCUT2D eigenvalue weighted by atomic mass is 9.97. The average molecular weight is 296 g/mol. The summed E-state index contributed by atoms with van der Waals surface area (Å²) in [6, 6.07) is 9.68. The normalized spacial score (nSPS) is 18.0. The SMILES string of the molecule is Cc1cccc(NC(=O)[C@H]2CCCN(c3ncccn3)C2)c1. The highest BCUT2D eigenvalue weighted by Gasteiger charge is 2.27. The molecule has 2 aromatic rings. The van der Waals surface area contributed by atoms with Gasteiger partial charge in [-0.05, 0) is 43.5 Å². The quantitative estimate of drug-likeness (QED) is 0.946. The molecular formula is C17H20N4O. The van der Waals surface area contributed by atoms with Crippen molar-refractivity contribution in [2.24, 2.45) is 5.92 Å². The van der Waals surface area contributed by atoms with Gasteiger partial charge in [0.1, 0.15) is 0 Å². The molecule has 1 fully saturated rings. The maximum Gasteiger partial charge on any atom is 0.229 e. The largest absolute Gasteiger partial charge is 0.340 e. The van der Waals surface area contributed by atoms with E-state index in [0.717, 1.165) is 30.6 Å². The van der Waals surface area contributed by atoms with Crippen molar-refractivity contribution in [2.75, 3.05) is 23.3 Å². The van der Waals surface area contributed by atoms with Gasteiger partial charge in [0, 0.05) is 31.2 Å². The van der Waals surface area contributed by atoms with Crippen LogP contribution in [0.3, 0.4) is 0 Å². The summed E-state index contributed by atoms with van der Waals surface area (Å²) < 4.78 is 0. The highest BCUT2D eigenvalue weighted by atomic mass is 16.1. The first-order valence-electron chi connectivity index (χ1n) is 7.62. The van der Waals surface area contributed by atoms with Crippen molar-refractivity contribution < 1.29 is 4.79 Å². The van der Waals surface area contributed by atoms with E-state index in [9.17, 15) is 4.79 Å². The van der Waals surface area contributed by atoms with Gasteiger partial charge >= 0.3 is 0 Å². The average Bonchev–Trinajstić information content (AvgIpc) is 2.56. The fourth-order valence-electron chi connectivity index (χ4n) is 2.79. The van der Waals surface area contributed by atoms with Crippen molar-refractivity contribution in [3.05, 3.63) is 48.3 Å². The summed E-state index contributed by atoms with van der Waals surface area (Å²) in [4.78, 5) is 23.1. The Morgan fingerprint density at radius 1 is 1.27 bits per heavy atom. The standard InChI is InChI=1S/C17H20N4O/c1-13-5-2-7-15(11-13)20-16(22)14-6-3-10-21(12-14)17-18-8-4-9-19-17/h2,4-5,7-9,11,14H,3,6,10,12H2,1H3,(H,20,22)/t14-/m0/s1. The van der Waals surface area contributed by atoms with Crippen LogP contribution in [0, 0.1) is 12.8 Å². The lowest BCUT2D eigenvalue weighted by Gasteiger charge is -2.31. The number of aryl methyl sites for hydroxylation is 1. The second-order valence-electron chi connectivity index (χ2n) is 5.69. The minimum atomic E-state index is -0.0296. The molecule has 0 aliphatic carbocycles. The molecule has 1 aromatic carbocycles. The van der Waals surface area contributed by atoms with E-state index in [1.54, 1.807) is 18.5 Å². The minimum Gasteiger partial charge on any atom is -0.340 e. The number of nitrogens with zero attached hydrogens (tertiary/aromatic N) is 3. The number of carbonyl (C=O) groups excluding carboxylic acids is 1. The topological polar surface area (TPSA) is 58.1 Å². The van der Waals surface area contributed by atoms with Crippen molar-refractivity contribution in [3.8, 4) is 0 Å². The molecule has 0 unspecified atom stereocenters. The molecule has 1 N–H and O–H groups in total. The molecule has 1 aliphatic rings. The van der Waals surface area contributed by atoms with Crippen LogP contribution in [0.1, 0.15) is 18.4 Å². The van der Waals surface area contributed by atoms with Gasteiger partial charge in [-0.3, -0.25) is 4.79 Å². The number of anilines is 2. The molecule has 22 heavy (non-hydrogen) atoms. The van der Waals surface area contributed by atoms with Crippen LogP contribution in [0.5, 0.6) is 0 Å². The fraction of sp³-hybridized carbons (Fsp3) is 0.353. The van der Waals surface area contributed by atoms with Crippen LogP contribution >= 0.6 is 0 Å². The van der Waals surface area contributed by atoms with Gasteiger partial charge < -0.3 is 10.2 Å². The lowest BCUT2D eigenvalue weighted by molar-refractivity contribution is -0.120. The molecule has 0 spiro atoms. The van der Waals surface area contributed by atoms with E-state index >= 15 is 0 Å². The van der Waals surface area contributed by atoms with Gasteiger partial charge in [0.15, 0.2) is 0 Å². The van der Waals surface area contributed by atoms with Crippen LogP contribution in [-0.2, 0) is 4.79 Å². The van der Waals surface area contributed by atoms with E-state index in [4.69, 9.17) is 0 Å². The molecule has 1 atom stereocenters. The Balaban J connectivity index is 1.65. The van der Waals surface area contributed by atoms with Gasteiger partial charge in [-0.15, -0.1) is 0 Å². The van der Waals surface area contributed by atoms with Crippen LogP contribution in [0.25, 0.3) is 0 Å². The molecule has 1 amide bonds. The Kier molecular flexibility index (Phi) is 4.32. The number of amides is 1. The molecule has 0 radical (unpaired) electrons. The summed E-state index contributed by atoms with van der Waals surface area (Å²) in [6.45, 7) is 3.59. The number of hydrogen-bond acceptors (Lipinski definition) is 4. The van der Waals surface area contributed by atoms with Crippen molar-refractivity contribution in [1.82, 2.24) is 9.97 Å². The molecule has 2 heterocycles. The highest BCUT2D eigenvalue weighted by molar-refractivity contribution is 5.93. The third-order valence-electron chi connectivity index (χ3n) is 3.91. The Hall–Kier alpha value is -2.43. The smallest absolute Gasteiger partial charge is 0.229 e. The van der Waals surface area contributed by atoms with Gasteiger partial charge in [0.25, 0.3) is 0 Å². The highest BCUT2D eigenvalue weighted by Crippen LogP contribution is 2.21.